The third-order valence-corrected chi connectivity index (χ3v) is 3.98. The SMILES string of the molecule is COC(=O)c1cc(C(=O)c2cc(N)c(OC)c(C(=O)OC)c2)cc(N)c1OC. The highest BCUT2D eigenvalue weighted by molar-refractivity contribution is 6.13. The van der Waals surface area contributed by atoms with Gasteiger partial charge in [0.05, 0.1) is 39.8 Å². The molecule has 0 aliphatic heterocycles. The van der Waals surface area contributed by atoms with E-state index in [4.69, 9.17) is 30.4 Å². The number of nitrogens with two attached hydrogens (primary N) is 2. The Labute approximate surface area is 161 Å². The van der Waals surface area contributed by atoms with E-state index in [9.17, 15) is 14.4 Å². The van der Waals surface area contributed by atoms with Crippen molar-refractivity contribution in [2.24, 2.45) is 0 Å². The van der Waals surface area contributed by atoms with Gasteiger partial charge in [0.2, 0.25) is 0 Å². The summed E-state index contributed by atoms with van der Waals surface area (Å²) in [7, 11) is 5.07. The molecule has 2 aromatic rings. The molecule has 2 rings (SSSR count). The molecule has 0 fully saturated rings. The molecule has 0 saturated carbocycles. The highest BCUT2D eigenvalue weighted by atomic mass is 16.5. The van der Waals surface area contributed by atoms with Gasteiger partial charge in [-0.3, -0.25) is 4.79 Å². The Hall–Kier alpha value is -3.75. The van der Waals surface area contributed by atoms with Crippen molar-refractivity contribution in [2.45, 2.75) is 0 Å². The molecule has 0 atom stereocenters. The van der Waals surface area contributed by atoms with Gasteiger partial charge in [-0.2, -0.15) is 0 Å². The van der Waals surface area contributed by atoms with Gasteiger partial charge in [-0.05, 0) is 24.3 Å². The third kappa shape index (κ3) is 3.68. The lowest BCUT2D eigenvalue weighted by Crippen LogP contribution is -2.12. The lowest BCUT2D eigenvalue weighted by molar-refractivity contribution is 0.0588. The maximum absolute atomic E-state index is 13.0. The maximum atomic E-state index is 13.0. The van der Waals surface area contributed by atoms with Crippen molar-refractivity contribution in [3.05, 3.63) is 46.5 Å². The standard InChI is InChI=1S/C19H20N2O7/c1-25-16-11(18(23)27-3)5-9(7-13(16)20)15(22)10-6-12(19(24)28-4)17(26-2)14(21)8-10/h5-8H,20-21H2,1-4H3. The molecule has 0 heterocycles. The molecule has 2 aromatic carbocycles. The summed E-state index contributed by atoms with van der Waals surface area (Å²) in [5, 5.41) is 0. The third-order valence-electron chi connectivity index (χ3n) is 3.98. The van der Waals surface area contributed by atoms with Gasteiger partial charge in [-0.1, -0.05) is 0 Å². The van der Waals surface area contributed by atoms with Crippen LogP contribution in [-0.2, 0) is 9.47 Å². The van der Waals surface area contributed by atoms with Crippen molar-refractivity contribution in [3.63, 3.8) is 0 Å². The fraction of sp³-hybridized carbons (Fsp3) is 0.211. The fourth-order valence-corrected chi connectivity index (χ4v) is 2.71. The first-order valence-corrected chi connectivity index (χ1v) is 7.95. The number of carbonyl (C=O) groups is 3. The van der Waals surface area contributed by atoms with Crippen LogP contribution in [-0.4, -0.2) is 46.2 Å². The molecular formula is C19H20N2O7. The fourth-order valence-electron chi connectivity index (χ4n) is 2.71. The first-order valence-electron chi connectivity index (χ1n) is 7.95. The first kappa shape index (κ1) is 20.6. The molecule has 0 amide bonds. The highest BCUT2D eigenvalue weighted by Gasteiger charge is 2.23. The Morgan fingerprint density at radius 3 is 1.32 bits per heavy atom. The van der Waals surface area contributed by atoms with E-state index >= 15 is 0 Å². The largest absolute Gasteiger partial charge is 0.494 e. The number of ketones is 1. The zero-order chi connectivity index (χ0) is 21.0. The van der Waals surface area contributed by atoms with Gasteiger partial charge in [0.25, 0.3) is 0 Å². The van der Waals surface area contributed by atoms with Crippen molar-refractivity contribution in [2.75, 3.05) is 39.9 Å². The minimum Gasteiger partial charge on any atom is -0.494 e. The van der Waals surface area contributed by atoms with E-state index in [2.05, 4.69) is 0 Å². The van der Waals surface area contributed by atoms with Crippen LogP contribution in [0.3, 0.4) is 0 Å². The summed E-state index contributed by atoms with van der Waals surface area (Å²) >= 11 is 0. The topological polar surface area (TPSA) is 140 Å². The van der Waals surface area contributed by atoms with Crippen LogP contribution in [0.4, 0.5) is 11.4 Å². The summed E-state index contributed by atoms with van der Waals surface area (Å²) < 4.78 is 19.6. The summed E-state index contributed by atoms with van der Waals surface area (Å²) in [4.78, 5) is 37.0. The Bertz CT molecular complexity index is 878. The van der Waals surface area contributed by atoms with Crippen molar-refractivity contribution < 1.29 is 33.3 Å². The average Bonchev–Trinajstić information content (AvgIpc) is 2.70. The second-order valence-electron chi connectivity index (χ2n) is 5.60. The molecular weight excluding hydrogens is 368 g/mol. The minimum atomic E-state index is -0.720. The predicted molar refractivity (Wildman–Crippen MR) is 101 cm³/mol. The van der Waals surface area contributed by atoms with E-state index in [0.717, 1.165) is 0 Å². The number of hydrogen-bond acceptors (Lipinski definition) is 9. The van der Waals surface area contributed by atoms with Crippen LogP contribution in [0.15, 0.2) is 24.3 Å². The first-order chi connectivity index (χ1) is 13.3. The molecule has 0 spiro atoms. The smallest absolute Gasteiger partial charge is 0.341 e. The van der Waals surface area contributed by atoms with Gasteiger partial charge in [0.15, 0.2) is 17.3 Å². The predicted octanol–water partition coefficient (Wildman–Crippen LogP) is 1.67. The average molecular weight is 388 g/mol. The van der Waals surface area contributed by atoms with Crippen LogP contribution in [0.2, 0.25) is 0 Å². The number of anilines is 2. The van der Waals surface area contributed by atoms with Crippen LogP contribution < -0.4 is 20.9 Å². The minimum absolute atomic E-state index is 0.0111. The Morgan fingerprint density at radius 1 is 0.679 bits per heavy atom. The van der Waals surface area contributed by atoms with Crippen LogP contribution in [0.1, 0.15) is 36.6 Å². The quantitative estimate of drug-likeness (QED) is 0.429. The number of methoxy groups -OCH3 is 4. The molecule has 0 aliphatic carbocycles. The summed E-state index contributed by atoms with van der Waals surface area (Å²) in [6.45, 7) is 0. The van der Waals surface area contributed by atoms with Crippen molar-refractivity contribution in [1.82, 2.24) is 0 Å². The van der Waals surface area contributed by atoms with Gasteiger partial charge < -0.3 is 30.4 Å². The number of hydrogen-bond donors (Lipinski definition) is 2. The monoisotopic (exact) mass is 388 g/mol. The highest BCUT2D eigenvalue weighted by Crippen LogP contribution is 2.32. The van der Waals surface area contributed by atoms with E-state index in [1.54, 1.807) is 0 Å². The molecule has 0 unspecified atom stereocenters. The number of nitrogen functional groups attached to an aromatic ring is 2. The molecule has 28 heavy (non-hydrogen) atoms. The molecule has 0 aliphatic rings. The summed E-state index contributed by atoms with van der Waals surface area (Å²) in [5.74, 6) is -1.79. The molecule has 9 heteroatoms. The van der Waals surface area contributed by atoms with Crippen LogP contribution in [0.25, 0.3) is 0 Å². The van der Waals surface area contributed by atoms with Crippen molar-refractivity contribution in [1.29, 1.82) is 0 Å². The number of carbonyl (C=O) groups excluding carboxylic acids is 3. The lowest BCUT2D eigenvalue weighted by Gasteiger charge is -2.14. The lowest BCUT2D eigenvalue weighted by atomic mass is 9.97. The Kier molecular flexibility index (Phi) is 6.09. The Morgan fingerprint density at radius 2 is 1.04 bits per heavy atom. The van der Waals surface area contributed by atoms with E-state index in [1.807, 2.05) is 0 Å². The van der Waals surface area contributed by atoms with Gasteiger partial charge in [0, 0.05) is 11.1 Å². The van der Waals surface area contributed by atoms with Crippen LogP contribution >= 0.6 is 0 Å². The van der Waals surface area contributed by atoms with E-state index in [1.165, 1.54) is 52.7 Å². The van der Waals surface area contributed by atoms with Gasteiger partial charge in [0.1, 0.15) is 11.1 Å². The molecule has 0 aromatic heterocycles. The molecule has 4 N–H and O–H groups in total. The van der Waals surface area contributed by atoms with Crippen molar-refractivity contribution >= 4 is 29.1 Å². The van der Waals surface area contributed by atoms with Gasteiger partial charge in [-0.25, -0.2) is 9.59 Å². The zero-order valence-corrected chi connectivity index (χ0v) is 15.8. The maximum Gasteiger partial charge on any atom is 0.341 e. The second-order valence-corrected chi connectivity index (χ2v) is 5.60. The van der Waals surface area contributed by atoms with E-state index < -0.39 is 17.7 Å². The van der Waals surface area contributed by atoms with Gasteiger partial charge >= 0.3 is 11.9 Å². The molecule has 9 nitrogen and oxygen atoms in total. The van der Waals surface area contributed by atoms with Crippen LogP contribution in [0, 0.1) is 0 Å². The summed E-state index contributed by atoms with van der Waals surface area (Å²) in [6, 6.07) is 5.29. The number of rotatable bonds is 6. The molecule has 0 saturated heterocycles. The molecule has 0 bridgehead atoms. The number of ether oxygens (including phenoxy) is 4. The molecule has 0 radical (unpaired) electrons. The number of benzene rings is 2. The van der Waals surface area contributed by atoms with E-state index in [-0.39, 0.29) is 45.1 Å². The summed E-state index contributed by atoms with van der Waals surface area (Å²) in [6.07, 6.45) is 0. The Balaban J connectivity index is 2.63. The molecule has 148 valence electrons. The van der Waals surface area contributed by atoms with Crippen molar-refractivity contribution in [3.8, 4) is 11.5 Å². The zero-order valence-electron chi connectivity index (χ0n) is 15.8. The van der Waals surface area contributed by atoms with Crippen LogP contribution in [0.5, 0.6) is 11.5 Å². The van der Waals surface area contributed by atoms with E-state index in [0.29, 0.717) is 0 Å². The summed E-state index contributed by atoms with van der Waals surface area (Å²) in [5.41, 5.74) is 12.1. The second kappa shape index (κ2) is 8.30. The van der Waals surface area contributed by atoms with Gasteiger partial charge in [-0.15, -0.1) is 0 Å². The normalized spacial score (nSPS) is 10.1. The number of esters is 2.